The lowest BCUT2D eigenvalue weighted by Crippen LogP contribution is -2.19. The average Bonchev–Trinajstić information content (AvgIpc) is 2.98. The Kier molecular flexibility index (Phi) is 4.84. The lowest BCUT2D eigenvalue weighted by atomic mass is 10.1. The molecule has 1 amide bonds. The Hall–Kier alpha value is -3.02. The van der Waals surface area contributed by atoms with Gasteiger partial charge >= 0.3 is 0 Å². The van der Waals surface area contributed by atoms with E-state index in [2.05, 4.69) is 5.32 Å². The summed E-state index contributed by atoms with van der Waals surface area (Å²) in [6.45, 7) is 5.73. The number of fused-ring (bicyclic) bond motifs is 1. The standard InChI is InChI=1S/C20H23N3O3/c1-12(2)20(24)22-19-18(21-17-9-6-13(3)11-23(17)19)14-7-8-15(25-4)16(10-14)26-5/h6-12H,1-5H3,(H,22,24). The number of benzene rings is 1. The highest BCUT2D eigenvalue weighted by Crippen LogP contribution is 2.35. The summed E-state index contributed by atoms with van der Waals surface area (Å²) in [5.74, 6) is 1.70. The van der Waals surface area contributed by atoms with Crippen LogP contribution in [0.5, 0.6) is 11.5 Å². The fourth-order valence-corrected chi connectivity index (χ4v) is 2.72. The third kappa shape index (κ3) is 3.22. The first-order chi connectivity index (χ1) is 12.4. The molecule has 0 aliphatic heterocycles. The van der Waals surface area contributed by atoms with Gasteiger partial charge in [-0.1, -0.05) is 19.9 Å². The molecule has 6 nitrogen and oxygen atoms in total. The Bertz CT molecular complexity index is 960. The van der Waals surface area contributed by atoms with Crippen LogP contribution in [0.25, 0.3) is 16.9 Å². The lowest BCUT2D eigenvalue weighted by Gasteiger charge is -2.12. The van der Waals surface area contributed by atoms with Gasteiger partial charge in [-0.2, -0.15) is 0 Å². The van der Waals surface area contributed by atoms with E-state index in [1.807, 2.05) is 61.7 Å². The van der Waals surface area contributed by atoms with Crippen LogP contribution in [0.2, 0.25) is 0 Å². The largest absolute Gasteiger partial charge is 0.493 e. The summed E-state index contributed by atoms with van der Waals surface area (Å²) in [4.78, 5) is 17.1. The maximum Gasteiger partial charge on any atom is 0.228 e. The number of carbonyl (C=O) groups excluding carboxylic acids is 1. The van der Waals surface area contributed by atoms with Crippen molar-refractivity contribution < 1.29 is 14.3 Å². The molecule has 2 aromatic heterocycles. The Morgan fingerprint density at radius 1 is 1.12 bits per heavy atom. The van der Waals surface area contributed by atoms with Crippen LogP contribution >= 0.6 is 0 Å². The number of carbonyl (C=O) groups is 1. The number of pyridine rings is 1. The fraction of sp³-hybridized carbons (Fsp3) is 0.300. The number of ether oxygens (including phenoxy) is 2. The van der Waals surface area contributed by atoms with E-state index in [1.54, 1.807) is 14.2 Å². The highest BCUT2D eigenvalue weighted by molar-refractivity contribution is 5.95. The van der Waals surface area contributed by atoms with E-state index >= 15 is 0 Å². The van der Waals surface area contributed by atoms with Gasteiger partial charge in [0.2, 0.25) is 5.91 Å². The molecule has 0 saturated carbocycles. The molecule has 2 heterocycles. The molecule has 1 N–H and O–H groups in total. The molecule has 26 heavy (non-hydrogen) atoms. The van der Waals surface area contributed by atoms with E-state index in [0.29, 0.717) is 23.0 Å². The van der Waals surface area contributed by atoms with Gasteiger partial charge in [-0.15, -0.1) is 0 Å². The van der Waals surface area contributed by atoms with E-state index in [0.717, 1.165) is 16.8 Å². The number of rotatable bonds is 5. The van der Waals surface area contributed by atoms with E-state index in [1.165, 1.54) is 0 Å². The number of aryl methyl sites for hydroxylation is 1. The second-order valence-electron chi connectivity index (χ2n) is 6.46. The van der Waals surface area contributed by atoms with Crippen molar-refractivity contribution in [3.8, 4) is 22.8 Å². The number of imidazole rings is 1. The highest BCUT2D eigenvalue weighted by Gasteiger charge is 2.19. The molecular weight excluding hydrogens is 330 g/mol. The van der Waals surface area contributed by atoms with Crippen molar-refractivity contribution in [3.05, 3.63) is 42.1 Å². The number of nitrogens with zero attached hydrogens (tertiary/aromatic N) is 2. The summed E-state index contributed by atoms with van der Waals surface area (Å²) < 4.78 is 12.6. The predicted molar refractivity (Wildman–Crippen MR) is 102 cm³/mol. The monoisotopic (exact) mass is 353 g/mol. The second kappa shape index (κ2) is 7.07. The number of hydrogen-bond donors (Lipinski definition) is 1. The summed E-state index contributed by atoms with van der Waals surface area (Å²) in [7, 11) is 3.19. The lowest BCUT2D eigenvalue weighted by molar-refractivity contribution is -0.118. The third-order valence-corrected chi connectivity index (χ3v) is 4.19. The molecule has 3 aromatic rings. The molecule has 0 saturated heterocycles. The molecule has 136 valence electrons. The van der Waals surface area contributed by atoms with Gasteiger partial charge in [0.25, 0.3) is 0 Å². The number of methoxy groups -OCH3 is 2. The van der Waals surface area contributed by atoms with Gasteiger partial charge < -0.3 is 14.8 Å². The van der Waals surface area contributed by atoms with Crippen LogP contribution in [0, 0.1) is 12.8 Å². The molecule has 0 bridgehead atoms. The van der Waals surface area contributed by atoms with Crippen molar-refractivity contribution in [3.63, 3.8) is 0 Å². The molecule has 0 spiro atoms. The van der Waals surface area contributed by atoms with Crippen molar-refractivity contribution in [2.75, 3.05) is 19.5 Å². The van der Waals surface area contributed by atoms with E-state index < -0.39 is 0 Å². The van der Waals surface area contributed by atoms with E-state index in [-0.39, 0.29) is 11.8 Å². The summed E-state index contributed by atoms with van der Waals surface area (Å²) >= 11 is 0. The number of aromatic nitrogens is 2. The van der Waals surface area contributed by atoms with Gasteiger partial charge in [-0.3, -0.25) is 9.20 Å². The third-order valence-electron chi connectivity index (χ3n) is 4.19. The quantitative estimate of drug-likeness (QED) is 0.755. The minimum Gasteiger partial charge on any atom is -0.493 e. The van der Waals surface area contributed by atoms with Crippen molar-refractivity contribution in [1.82, 2.24) is 9.38 Å². The number of hydrogen-bond acceptors (Lipinski definition) is 4. The molecule has 0 aliphatic carbocycles. The topological polar surface area (TPSA) is 64.9 Å². The number of amides is 1. The molecule has 0 atom stereocenters. The normalized spacial score (nSPS) is 11.0. The van der Waals surface area contributed by atoms with Crippen LogP contribution in [0.1, 0.15) is 19.4 Å². The first-order valence-electron chi connectivity index (χ1n) is 8.46. The Morgan fingerprint density at radius 2 is 1.85 bits per heavy atom. The van der Waals surface area contributed by atoms with Crippen molar-refractivity contribution in [2.24, 2.45) is 5.92 Å². The predicted octanol–water partition coefficient (Wildman–Crippen LogP) is 3.92. The molecule has 0 fully saturated rings. The zero-order valence-electron chi connectivity index (χ0n) is 15.7. The molecule has 0 unspecified atom stereocenters. The summed E-state index contributed by atoms with van der Waals surface area (Å²) in [5.41, 5.74) is 3.36. The van der Waals surface area contributed by atoms with Crippen LogP contribution in [0.15, 0.2) is 36.5 Å². The molecule has 3 rings (SSSR count). The highest BCUT2D eigenvalue weighted by atomic mass is 16.5. The van der Waals surface area contributed by atoms with Gasteiger partial charge in [-0.25, -0.2) is 4.98 Å². The smallest absolute Gasteiger partial charge is 0.228 e. The maximum absolute atomic E-state index is 12.3. The van der Waals surface area contributed by atoms with E-state index in [9.17, 15) is 4.79 Å². The number of anilines is 1. The average molecular weight is 353 g/mol. The second-order valence-corrected chi connectivity index (χ2v) is 6.46. The summed E-state index contributed by atoms with van der Waals surface area (Å²) in [6, 6.07) is 9.52. The first kappa shape index (κ1) is 17.8. The fourth-order valence-electron chi connectivity index (χ4n) is 2.72. The first-order valence-corrected chi connectivity index (χ1v) is 8.46. The SMILES string of the molecule is COc1ccc(-c2nc3ccc(C)cn3c2NC(=O)C(C)C)cc1OC. The van der Waals surface area contributed by atoms with Crippen molar-refractivity contribution in [2.45, 2.75) is 20.8 Å². The zero-order valence-corrected chi connectivity index (χ0v) is 15.7. The van der Waals surface area contributed by atoms with Crippen molar-refractivity contribution in [1.29, 1.82) is 0 Å². The van der Waals surface area contributed by atoms with Gasteiger partial charge in [0.15, 0.2) is 11.5 Å². The van der Waals surface area contributed by atoms with Gasteiger partial charge in [0.1, 0.15) is 17.2 Å². The molecule has 0 aliphatic rings. The van der Waals surface area contributed by atoms with Gasteiger partial charge in [-0.05, 0) is 36.8 Å². The Balaban J connectivity index is 2.20. The van der Waals surface area contributed by atoms with Crippen LogP contribution in [0.3, 0.4) is 0 Å². The minimum atomic E-state index is -0.136. The Morgan fingerprint density at radius 3 is 2.50 bits per heavy atom. The van der Waals surface area contributed by atoms with Crippen LogP contribution < -0.4 is 14.8 Å². The summed E-state index contributed by atoms with van der Waals surface area (Å²) in [6.07, 6.45) is 1.96. The molecular formula is C20H23N3O3. The van der Waals surface area contributed by atoms with Crippen LogP contribution in [-0.2, 0) is 4.79 Å². The minimum absolute atomic E-state index is 0.0602. The Labute approximate surface area is 152 Å². The number of nitrogens with one attached hydrogen (secondary N) is 1. The van der Waals surface area contributed by atoms with Crippen LogP contribution in [-0.4, -0.2) is 29.5 Å². The maximum atomic E-state index is 12.3. The molecule has 1 aromatic carbocycles. The van der Waals surface area contributed by atoms with Crippen molar-refractivity contribution >= 4 is 17.4 Å². The van der Waals surface area contributed by atoms with Gasteiger partial charge in [0, 0.05) is 17.7 Å². The molecule has 0 radical (unpaired) electrons. The molecule has 6 heteroatoms. The zero-order chi connectivity index (χ0) is 18.8. The summed E-state index contributed by atoms with van der Waals surface area (Å²) in [5, 5.41) is 3.01. The van der Waals surface area contributed by atoms with E-state index in [4.69, 9.17) is 14.5 Å². The van der Waals surface area contributed by atoms with Gasteiger partial charge in [0.05, 0.1) is 14.2 Å². The van der Waals surface area contributed by atoms with Crippen LogP contribution in [0.4, 0.5) is 5.82 Å².